The van der Waals surface area contributed by atoms with Gasteiger partial charge in [-0.2, -0.15) is 4.58 Å². The van der Waals surface area contributed by atoms with Crippen LogP contribution in [0.25, 0.3) is 0 Å². The van der Waals surface area contributed by atoms with Crippen molar-refractivity contribution < 1.29 is 14.6 Å². The minimum Gasteiger partial charge on any atom is -0.463 e. The third-order valence-electron chi connectivity index (χ3n) is 0.214. The predicted molar refractivity (Wildman–Crippen MR) is 16.7 cm³/mol. The summed E-state index contributed by atoms with van der Waals surface area (Å²) in [6.45, 7) is 1.23. The smallest absolute Gasteiger partial charge is 0.383 e. The number of Topliss-reactive ketones (excluding diaryl/α,β-unsaturated/α-hetero) is 1. The number of carbonyl (C=O) groups is 1. The average molecular weight is 88.1 g/mol. The zero-order valence-corrected chi connectivity index (χ0v) is 3.30. The van der Waals surface area contributed by atoms with Crippen LogP contribution < -0.4 is 5.26 Å². The molecule has 0 fully saturated rings. The molecule has 0 aromatic heterocycles. The summed E-state index contributed by atoms with van der Waals surface area (Å²) in [7, 11) is 0. The van der Waals surface area contributed by atoms with E-state index in [0.717, 1.165) is 0 Å². The molecule has 0 rings (SSSR count). The molecule has 34 valence electrons. The molecular weight excluding hydrogens is 84.0 g/mol. The van der Waals surface area contributed by atoms with Gasteiger partial charge < -0.3 is 5.26 Å². The van der Waals surface area contributed by atoms with Gasteiger partial charge in [-0.15, -0.1) is 0 Å². The maximum absolute atomic E-state index is 9.66. The molecule has 0 saturated carbocycles. The van der Waals surface area contributed by atoms with Gasteiger partial charge in [-0.3, -0.25) is 4.79 Å². The predicted octanol–water partition coefficient (Wildman–Crippen LogP) is -1.41. The van der Waals surface area contributed by atoms with Gasteiger partial charge in [-0.25, -0.2) is 0 Å². The number of hydrogen-bond acceptors (Lipinski definition) is 2. The highest BCUT2D eigenvalue weighted by atomic mass is 17.1. The van der Waals surface area contributed by atoms with Crippen molar-refractivity contribution in [3.63, 3.8) is 0 Å². The Bertz CT molecular complexity index is 74.1. The van der Waals surface area contributed by atoms with Gasteiger partial charge in [-0.1, -0.05) is 0 Å². The summed E-state index contributed by atoms with van der Waals surface area (Å²) in [5.41, 5.74) is 0. The van der Waals surface area contributed by atoms with Crippen LogP contribution in [0.15, 0.2) is 0 Å². The third kappa shape index (κ3) is 3.14. The van der Waals surface area contributed by atoms with E-state index in [9.17, 15) is 4.79 Å². The van der Waals surface area contributed by atoms with Crippen LogP contribution in [0.3, 0.4) is 0 Å². The zero-order chi connectivity index (χ0) is 4.99. The molecule has 0 aliphatic carbocycles. The summed E-state index contributed by atoms with van der Waals surface area (Å²) in [6.07, 6.45) is 0.597. The van der Waals surface area contributed by atoms with Gasteiger partial charge in [-0.05, 0) is 0 Å². The summed E-state index contributed by atoms with van der Waals surface area (Å²) >= 11 is 0. The van der Waals surface area contributed by atoms with Gasteiger partial charge in [0.15, 0.2) is 0 Å². The molecule has 0 heterocycles. The van der Waals surface area contributed by atoms with E-state index in [2.05, 4.69) is 4.58 Å². The van der Waals surface area contributed by atoms with Crippen LogP contribution in [0.1, 0.15) is 6.92 Å². The molecule has 0 spiro atoms. The van der Waals surface area contributed by atoms with Crippen LogP contribution in [-0.2, 0) is 9.37 Å². The lowest BCUT2D eigenvalue weighted by Gasteiger charge is -1.62. The Kier molecular flexibility index (Phi) is 2.04. The van der Waals surface area contributed by atoms with Crippen molar-refractivity contribution in [2.24, 2.45) is 0 Å². The zero-order valence-electron chi connectivity index (χ0n) is 3.30. The van der Waals surface area contributed by atoms with Crippen LogP contribution in [0.5, 0.6) is 0 Å². The number of aldehydes is 1. The molecule has 6 heavy (non-hydrogen) atoms. The molecule has 0 aliphatic rings. The maximum Gasteiger partial charge on any atom is 0.383 e. The fraction of sp³-hybridized carbons (Fsp3) is 0.333. The Balaban J connectivity index is 3.30. The van der Waals surface area contributed by atoms with Crippen molar-refractivity contribution in [1.82, 2.24) is 0 Å². The first-order chi connectivity index (χ1) is 2.77. The van der Waals surface area contributed by atoms with Gasteiger partial charge in [0.25, 0.3) is 5.78 Å². The first-order valence-electron chi connectivity index (χ1n) is 1.40. The number of carbonyl (C=O) groups excluding carboxylic acids is 2. The van der Waals surface area contributed by atoms with Gasteiger partial charge in [0.1, 0.15) is 0 Å². The molecule has 0 N–H and O–H groups in total. The average Bonchev–Trinajstić information content (AvgIpc) is 1.35. The van der Waals surface area contributed by atoms with Crippen molar-refractivity contribution >= 4 is 12.1 Å². The second-order valence-electron chi connectivity index (χ2n) is 0.825. The van der Waals surface area contributed by atoms with Crippen molar-refractivity contribution in [1.29, 1.82) is 0 Å². The van der Waals surface area contributed by atoms with Crippen molar-refractivity contribution in [2.75, 3.05) is 0 Å². The number of rotatable bonds is 1. The van der Waals surface area contributed by atoms with Gasteiger partial charge in [0.05, 0.1) is 0 Å². The standard InChI is InChI=1S/C3H4O3/c1-3(4)2-6-5/h2H,1H3. The minimum atomic E-state index is -0.370. The molecule has 0 aromatic carbocycles. The van der Waals surface area contributed by atoms with E-state index in [1.807, 2.05) is 0 Å². The van der Waals surface area contributed by atoms with E-state index in [1.54, 1.807) is 0 Å². The highest BCUT2D eigenvalue weighted by Crippen LogP contribution is 1.49. The van der Waals surface area contributed by atoms with Crippen molar-refractivity contribution in [2.45, 2.75) is 6.92 Å². The van der Waals surface area contributed by atoms with Crippen LogP contribution in [0, 0.1) is 0 Å². The highest BCUT2D eigenvalue weighted by molar-refractivity contribution is 6.23. The van der Waals surface area contributed by atoms with E-state index in [-0.39, 0.29) is 5.78 Å². The molecule has 0 saturated heterocycles. The van der Waals surface area contributed by atoms with E-state index in [4.69, 9.17) is 5.26 Å². The molecule has 3 heteroatoms. The molecule has 0 aromatic rings. The van der Waals surface area contributed by atoms with Gasteiger partial charge in [0.2, 0.25) is 0 Å². The van der Waals surface area contributed by atoms with Gasteiger partial charge in [0, 0.05) is 6.92 Å². The van der Waals surface area contributed by atoms with Crippen molar-refractivity contribution in [3.05, 3.63) is 0 Å². The van der Waals surface area contributed by atoms with E-state index < -0.39 is 0 Å². The second-order valence-corrected chi connectivity index (χ2v) is 0.825. The Labute approximate surface area is 34.8 Å². The Morgan fingerprint density at radius 1 is 2.00 bits per heavy atom. The second kappa shape index (κ2) is 2.38. The summed E-state index contributed by atoms with van der Waals surface area (Å²) < 4.78 is 3.08. The van der Waals surface area contributed by atoms with Gasteiger partial charge >= 0.3 is 6.29 Å². The first kappa shape index (κ1) is 5.14. The Hall–Kier alpha value is -0.860. The third-order valence-corrected chi connectivity index (χ3v) is 0.214. The van der Waals surface area contributed by atoms with Crippen molar-refractivity contribution in [3.8, 4) is 0 Å². The topological polar surface area (TPSA) is 51.4 Å². The highest BCUT2D eigenvalue weighted by Gasteiger charge is 1.87. The van der Waals surface area contributed by atoms with E-state index >= 15 is 0 Å². The fourth-order valence-electron chi connectivity index (χ4n) is 0.0678. The first-order valence-corrected chi connectivity index (χ1v) is 1.40. The summed E-state index contributed by atoms with van der Waals surface area (Å²) in [5.74, 6) is -0.370. The summed E-state index contributed by atoms with van der Waals surface area (Å²) in [5, 5.41) is 8.96. The number of ketones is 1. The minimum absolute atomic E-state index is 0.370. The van der Waals surface area contributed by atoms with Crippen LogP contribution in [0.2, 0.25) is 0 Å². The molecule has 0 aliphatic heterocycles. The SMILES string of the molecule is CC(=O)C=[O+][O-]. The van der Waals surface area contributed by atoms with Crippen LogP contribution in [0.4, 0.5) is 0 Å². The van der Waals surface area contributed by atoms with Crippen LogP contribution >= 0.6 is 0 Å². The quantitative estimate of drug-likeness (QED) is 0.130. The Morgan fingerprint density at radius 2 is 2.50 bits per heavy atom. The van der Waals surface area contributed by atoms with Crippen LogP contribution in [-0.4, -0.2) is 12.1 Å². The molecule has 0 atom stereocenters. The monoisotopic (exact) mass is 88.0 g/mol. The normalized spacial score (nSPS) is 9.50. The molecule has 0 radical (unpaired) electrons. The summed E-state index contributed by atoms with van der Waals surface area (Å²) in [4.78, 5) is 9.66. The maximum atomic E-state index is 9.66. The summed E-state index contributed by atoms with van der Waals surface area (Å²) in [6, 6.07) is 0. The molecular formula is C3H4O3. The Morgan fingerprint density at radius 3 is 2.50 bits per heavy atom. The molecule has 0 amide bonds. The van der Waals surface area contributed by atoms with E-state index in [1.165, 1.54) is 6.92 Å². The fourth-order valence-corrected chi connectivity index (χ4v) is 0.0678. The number of hydrogen-bond donors (Lipinski definition) is 0. The molecule has 3 nitrogen and oxygen atoms in total. The lowest BCUT2D eigenvalue weighted by atomic mass is 10.5. The molecule has 0 bridgehead atoms. The molecule has 0 unspecified atom stereocenters. The van der Waals surface area contributed by atoms with E-state index in [0.29, 0.717) is 6.29 Å². The lowest BCUT2D eigenvalue weighted by Crippen LogP contribution is -2.02. The largest absolute Gasteiger partial charge is 0.463 e. The lowest BCUT2D eigenvalue weighted by molar-refractivity contribution is -1.04.